The van der Waals surface area contributed by atoms with Gasteiger partial charge in [-0.25, -0.2) is 8.42 Å². The molecule has 9 heteroatoms. The minimum absolute atomic E-state index is 0.0734. The number of hydrogen-bond donors (Lipinski definition) is 1. The van der Waals surface area contributed by atoms with Gasteiger partial charge in [-0.05, 0) is 73.4 Å². The van der Waals surface area contributed by atoms with Crippen molar-refractivity contribution in [2.24, 2.45) is 0 Å². The van der Waals surface area contributed by atoms with Crippen molar-refractivity contribution in [3.63, 3.8) is 0 Å². The van der Waals surface area contributed by atoms with Crippen LogP contribution in [0, 0.1) is 0 Å². The smallest absolute Gasteiger partial charge is 0.264 e. The fourth-order valence-electron chi connectivity index (χ4n) is 4.91. The zero-order valence-corrected chi connectivity index (χ0v) is 27.6. The molecule has 44 heavy (non-hydrogen) atoms. The van der Waals surface area contributed by atoms with Crippen molar-refractivity contribution in [2.75, 3.05) is 10.8 Å². The summed E-state index contributed by atoms with van der Waals surface area (Å²) in [4.78, 5) is 29.8. The van der Waals surface area contributed by atoms with E-state index in [0.29, 0.717) is 5.69 Å². The van der Waals surface area contributed by atoms with Crippen LogP contribution in [0.3, 0.4) is 0 Å². The fraction of sp³-hybridized carbons (Fsp3) is 0.257. The third-order valence-electron chi connectivity index (χ3n) is 7.19. The largest absolute Gasteiger partial charge is 0.352 e. The monoisotopic (exact) mass is 675 g/mol. The molecule has 0 saturated heterocycles. The van der Waals surface area contributed by atoms with Gasteiger partial charge in [-0.3, -0.25) is 13.9 Å². The van der Waals surface area contributed by atoms with Gasteiger partial charge in [-0.1, -0.05) is 95.7 Å². The van der Waals surface area contributed by atoms with Crippen molar-refractivity contribution in [1.82, 2.24) is 10.2 Å². The average Bonchev–Trinajstić information content (AvgIpc) is 3.02. The Hall–Kier alpha value is -3.95. The summed E-state index contributed by atoms with van der Waals surface area (Å²) in [6.07, 6.45) is 1.05. The highest BCUT2D eigenvalue weighted by molar-refractivity contribution is 9.10. The summed E-state index contributed by atoms with van der Waals surface area (Å²) in [5.74, 6) is -0.805. The normalized spacial score (nSPS) is 12.0. The first kappa shape index (κ1) is 33.0. The van der Waals surface area contributed by atoms with Crippen molar-refractivity contribution in [3.8, 4) is 0 Å². The first-order valence-corrected chi connectivity index (χ1v) is 16.9. The number of aryl methyl sites for hydroxylation is 1. The molecule has 0 aliphatic heterocycles. The molecule has 0 bridgehead atoms. The predicted octanol–water partition coefficient (Wildman–Crippen LogP) is 6.37. The second-order valence-corrected chi connectivity index (χ2v) is 13.6. The standard InChI is InChI=1S/C35H38BrN3O4S/c1-4-27-18-20-31(21-19-27)39(44(42,43)32-16-9-6-10-17-32)25-34(40)38(24-29-14-11-15-30(36)22-29)33(35(41)37-26(2)3)23-28-12-7-5-8-13-28/h5-22,26,33H,4,23-25H2,1-3H3,(H,37,41). The summed E-state index contributed by atoms with van der Waals surface area (Å²) in [7, 11) is -4.13. The second-order valence-electron chi connectivity index (χ2n) is 10.9. The van der Waals surface area contributed by atoms with Crippen LogP contribution in [0.15, 0.2) is 119 Å². The quantitative estimate of drug-likeness (QED) is 0.178. The highest BCUT2D eigenvalue weighted by Gasteiger charge is 2.34. The summed E-state index contributed by atoms with van der Waals surface area (Å²) in [5, 5.41) is 2.98. The van der Waals surface area contributed by atoms with Crippen molar-refractivity contribution >= 4 is 43.5 Å². The molecule has 0 heterocycles. The number of halogens is 1. The van der Waals surface area contributed by atoms with E-state index in [0.717, 1.165) is 31.9 Å². The highest BCUT2D eigenvalue weighted by Crippen LogP contribution is 2.26. The third kappa shape index (κ3) is 8.57. The van der Waals surface area contributed by atoms with Gasteiger partial charge in [0.1, 0.15) is 12.6 Å². The van der Waals surface area contributed by atoms with Crippen LogP contribution < -0.4 is 9.62 Å². The molecule has 4 aromatic carbocycles. The van der Waals surface area contributed by atoms with E-state index in [1.54, 1.807) is 30.3 Å². The van der Waals surface area contributed by atoms with Crippen LogP contribution in [0.25, 0.3) is 0 Å². The predicted molar refractivity (Wildman–Crippen MR) is 179 cm³/mol. The van der Waals surface area contributed by atoms with Crippen molar-refractivity contribution in [1.29, 1.82) is 0 Å². The lowest BCUT2D eigenvalue weighted by Crippen LogP contribution is -2.54. The maximum atomic E-state index is 14.5. The van der Waals surface area contributed by atoms with Gasteiger partial charge < -0.3 is 10.2 Å². The fourth-order valence-corrected chi connectivity index (χ4v) is 6.79. The number of benzene rings is 4. The van der Waals surface area contributed by atoms with Crippen molar-refractivity contribution in [2.45, 2.75) is 57.1 Å². The molecule has 1 unspecified atom stereocenters. The van der Waals surface area contributed by atoms with E-state index in [4.69, 9.17) is 0 Å². The van der Waals surface area contributed by atoms with Gasteiger partial charge in [-0.15, -0.1) is 0 Å². The van der Waals surface area contributed by atoms with Gasteiger partial charge >= 0.3 is 0 Å². The lowest BCUT2D eigenvalue weighted by atomic mass is 10.0. The lowest BCUT2D eigenvalue weighted by molar-refractivity contribution is -0.140. The van der Waals surface area contributed by atoms with E-state index in [-0.39, 0.29) is 29.8 Å². The summed E-state index contributed by atoms with van der Waals surface area (Å²) < 4.78 is 30.1. The Labute approximate surface area is 269 Å². The van der Waals surface area contributed by atoms with Crippen LogP contribution in [0.5, 0.6) is 0 Å². The second kappa shape index (κ2) is 15.2. The van der Waals surface area contributed by atoms with Crippen LogP contribution in [-0.2, 0) is 39.0 Å². The Morgan fingerprint density at radius 2 is 1.41 bits per heavy atom. The van der Waals surface area contributed by atoms with E-state index < -0.39 is 28.5 Å². The zero-order valence-electron chi connectivity index (χ0n) is 25.2. The molecule has 4 rings (SSSR count). The van der Waals surface area contributed by atoms with E-state index in [2.05, 4.69) is 21.2 Å². The number of carbonyl (C=O) groups excluding carboxylic acids is 2. The minimum atomic E-state index is -4.13. The first-order valence-electron chi connectivity index (χ1n) is 14.6. The molecule has 1 N–H and O–H groups in total. The molecule has 0 spiro atoms. The average molecular weight is 677 g/mol. The van der Waals surface area contributed by atoms with Gasteiger partial charge in [0.05, 0.1) is 10.6 Å². The molecular weight excluding hydrogens is 638 g/mol. The topological polar surface area (TPSA) is 86.8 Å². The van der Waals surface area contributed by atoms with Crippen molar-refractivity contribution in [3.05, 3.63) is 130 Å². The Balaban J connectivity index is 1.80. The van der Waals surface area contributed by atoms with Gasteiger partial charge in [-0.2, -0.15) is 0 Å². The maximum Gasteiger partial charge on any atom is 0.264 e. The summed E-state index contributed by atoms with van der Waals surface area (Å²) >= 11 is 3.51. The van der Waals surface area contributed by atoms with E-state index in [9.17, 15) is 18.0 Å². The molecule has 1 atom stereocenters. The third-order valence-corrected chi connectivity index (χ3v) is 9.47. The number of carbonyl (C=O) groups is 2. The SMILES string of the molecule is CCc1ccc(N(CC(=O)N(Cc2cccc(Br)c2)C(Cc2ccccc2)C(=O)NC(C)C)S(=O)(=O)c2ccccc2)cc1. The Morgan fingerprint density at radius 3 is 2.00 bits per heavy atom. The number of nitrogens with one attached hydrogen (secondary N) is 1. The molecule has 0 saturated carbocycles. The summed E-state index contributed by atoms with van der Waals surface area (Å²) in [5.41, 5.74) is 3.09. The lowest BCUT2D eigenvalue weighted by Gasteiger charge is -2.34. The van der Waals surface area contributed by atoms with E-state index >= 15 is 0 Å². The Morgan fingerprint density at radius 1 is 0.795 bits per heavy atom. The molecule has 0 aromatic heterocycles. The summed E-state index contributed by atoms with van der Waals surface area (Å²) in [6.45, 7) is 5.37. The molecule has 2 amide bonds. The highest BCUT2D eigenvalue weighted by atomic mass is 79.9. The number of sulfonamides is 1. The van der Waals surface area contributed by atoms with Crippen LogP contribution in [0.4, 0.5) is 5.69 Å². The first-order chi connectivity index (χ1) is 21.1. The van der Waals surface area contributed by atoms with Crippen LogP contribution in [-0.4, -0.2) is 43.8 Å². The maximum absolute atomic E-state index is 14.5. The number of nitrogens with zero attached hydrogens (tertiary/aromatic N) is 2. The van der Waals surface area contributed by atoms with Gasteiger partial charge in [0.2, 0.25) is 11.8 Å². The minimum Gasteiger partial charge on any atom is -0.352 e. The molecule has 0 radical (unpaired) electrons. The molecular formula is C35H38BrN3O4S. The van der Waals surface area contributed by atoms with E-state index in [1.807, 2.05) is 87.5 Å². The van der Waals surface area contributed by atoms with Crippen LogP contribution in [0.1, 0.15) is 37.5 Å². The Bertz CT molecular complexity index is 1650. The van der Waals surface area contributed by atoms with Crippen LogP contribution >= 0.6 is 15.9 Å². The van der Waals surface area contributed by atoms with Gasteiger partial charge in [0, 0.05) is 23.5 Å². The summed E-state index contributed by atoms with van der Waals surface area (Å²) in [6, 6.07) is 31.2. The number of rotatable bonds is 13. The Kier molecular flexibility index (Phi) is 11.4. The van der Waals surface area contributed by atoms with Crippen molar-refractivity contribution < 1.29 is 18.0 Å². The van der Waals surface area contributed by atoms with E-state index in [1.165, 1.54) is 17.0 Å². The van der Waals surface area contributed by atoms with Gasteiger partial charge in [0.15, 0.2) is 0 Å². The molecule has 230 valence electrons. The number of anilines is 1. The molecule has 4 aromatic rings. The van der Waals surface area contributed by atoms with Gasteiger partial charge in [0.25, 0.3) is 10.0 Å². The number of hydrogen-bond acceptors (Lipinski definition) is 4. The molecule has 0 aliphatic carbocycles. The molecule has 0 fully saturated rings. The molecule has 7 nitrogen and oxygen atoms in total. The molecule has 0 aliphatic rings. The zero-order chi connectivity index (χ0) is 31.7. The number of amides is 2. The van der Waals surface area contributed by atoms with Crippen LogP contribution in [0.2, 0.25) is 0 Å².